The van der Waals surface area contributed by atoms with E-state index in [2.05, 4.69) is 19.6 Å². The average Bonchev–Trinajstić information content (AvgIpc) is 3.05. The molecule has 1 atom stereocenters. The zero-order valence-electron chi connectivity index (χ0n) is 12.3. The molecule has 0 aromatic carbocycles. The van der Waals surface area contributed by atoms with Crippen LogP contribution in [0.4, 0.5) is 10.8 Å². The first-order valence-electron chi connectivity index (χ1n) is 7.10. The van der Waals surface area contributed by atoms with E-state index < -0.39 is 0 Å². The lowest BCUT2D eigenvalue weighted by Gasteiger charge is -2.33. The summed E-state index contributed by atoms with van der Waals surface area (Å²) in [4.78, 5) is 6.97. The van der Waals surface area contributed by atoms with Gasteiger partial charge in [-0.05, 0) is 37.2 Å². The van der Waals surface area contributed by atoms with Gasteiger partial charge in [0, 0.05) is 31.3 Å². The lowest BCUT2D eigenvalue weighted by molar-refractivity contribution is 0.143. The highest BCUT2D eigenvalue weighted by Crippen LogP contribution is 2.41. The smallest absolute Gasteiger partial charge is 0.149 e. The van der Waals surface area contributed by atoms with Gasteiger partial charge in [-0.3, -0.25) is 0 Å². The molecule has 1 fully saturated rings. The number of nitrogens with zero attached hydrogens (tertiary/aromatic N) is 3. The van der Waals surface area contributed by atoms with E-state index in [0.717, 1.165) is 41.0 Å². The molecule has 0 amide bonds. The van der Waals surface area contributed by atoms with Crippen LogP contribution in [0.2, 0.25) is 0 Å². The van der Waals surface area contributed by atoms with Crippen molar-refractivity contribution in [3.63, 3.8) is 0 Å². The van der Waals surface area contributed by atoms with E-state index in [9.17, 15) is 0 Å². The molecule has 1 unspecified atom stereocenters. The summed E-state index contributed by atoms with van der Waals surface area (Å²) in [5, 5.41) is 4.19. The van der Waals surface area contributed by atoms with E-state index in [1.165, 1.54) is 24.4 Å². The maximum absolute atomic E-state index is 6.10. The standard InChI is InChI=1S/C14H20N4OS2/c1-9-8-20-13(16-9)11-12(15)17-21-14(11)18-5-3-4-10(6-18)7-19-2/h8,10H,3-7H2,1-2H3,(H2,15,17). The number of piperidine rings is 1. The minimum absolute atomic E-state index is 0.581. The van der Waals surface area contributed by atoms with Gasteiger partial charge in [-0.25, -0.2) is 4.98 Å². The number of aromatic nitrogens is 2. The van der Waals surface area contributed by atoms with Crippen LogP contribution in [0.3, 0.4) is 0 Å². The molecule has 2 aromatic rings. The van der Waals surface area contributed by atoms with E-state index in [-0.39, 0.29) is 0 Å². The summed E-state index contributed by atoms with van der Waals surface area (Å²) in [6, 6.07) is 0. The maximum Gasteiger partial charge on any atom is 0.149 e. The minimum atomic E-state index is 0.581. The SMILES string of the molecule is COCC1CCCN(c2snc(N)c2-c2nc(C)cs2)C1. The van der Waals surface area contributed by atoms with Gasteiger partial charge in [-0.15, -0.1) is 11.3 Å². The molecule has 0 bridgehead atoms. The Morgan fingerprint density at radius 2 is 2.38 bits per heavy atom. The Labute approximate surface area is 132 Å². The van der Waals surface area contributed by atoms with Gasteiger partial charge in [0.15, 0.2) is 0 Å². The number of aryl methyl sites for hydroxylation is 1. The van der Waals surface area contributed by atoms with Crippen molar-refractivity contribution in [2.24, 2.45) is 5.92 Å². The predicted molar refractivity (Wildman–Crippen MR) is 89.2 cm³/mol. The normalized spacial score (nSPS) is 19.1. The first-order valence-corrected chi connectivity index (χ1v) is 8.76. The highest BCUT2D eigenvalue weighted by atomic mass is 32.1. The Kier molecular flexibility index (Phi) is 4.42. The zero-order valence-corrected chi connectivity index (χ0v) is 14.0. The van der Waals surface area contributed by atoms with Crippen molar-refractivity contribution in [1.29, 1.82) is 0 Å². The molecule has 0 saturated carbocycles. The van der Waals surface area contributed by atoms with Crippen molar-refractivity contribution in [2.45, 2.75) is 19.8 Å². The van der Waals surface area contributed by atoms with Crippen LogP contribution in [-0.2, 0) is 4.74 Å². The first kappa shape index (κ1) is 14.7. The van der Waals surface area contributed by atoms with Crippen LogP contribution >= 0.6 is 22.9 Å². The second-order valence-electron chi connectivity index (χ2n) is 5.45. The van der Waals surface area contributed by atoms with E-state index >= 15 is 0 Å². The molecule has 0 radical (unpaired) electrons. The van der Waals surface area contributed by atoms with Crippen LogP contribution < -0.4 is 10.6 Å². The van der Waals surface area contributed by atoms with Crippen LogP contribution in [0.1, 0.15) is 18.5 Å². The molecule has 5 nitrogen and oxygen atoms in total. The largest absolute Gasteiger partial charge is 0.384 e. The zero-order chi connectivity index (χ0) is 14.8. The van der Waals surface area contributed by atoms with Crippen LogP contribution in [0, 0.1) is 12.8 Å². The lowest BCUT2D eigenvalue weighted by atomic mass is 9.99. The molecule has 21 heavy (non-hydrogen) atoms. The molecule has 0 spiro atoms. The fourth-order valence-corrected chi connectivity index (χ4v) is 4.57. The van der Waals surface area contributed by atoms with Gasteiger partial charge in [0.2, 0.25) is 0 Å². The van der Waals surface area contributed by atoms with E-state index in [1.807, 2.05) is 6.92 Å². The van der Waals surface area contributed by atoms with Gasteiger partial charge in [-0.2, -0.15) is 4.37 Å². The summed E-state index contributed by atoms with van der Waals surface area (Å²) >= 11 is 3.12. The Balaban J connectivity index is 1.89. The third-order valence-corrected chi connectivity index (χ3v) is 5.64. The van der Waals surface area contributed by atoms with Gasteiger partial charge in [0.25, 0.3) is 0 Å². The fourth-order valence-electron chi connectivity index (χ4n) is 2.80. The first-order chi connectivity index (χ1) is 10.2. The average molecular weight is 324 g/mol. The molecule has 7 heteroatoms. The third kappa shape index (κ3) is 3.04. The van der Waals surface area contributed by atoms with Crippen molar-refractivity contribution in [1.82, 2.24) is 9.36 Å². The van der Waals surface area contributed by atoms with Crippen LogP contribution in [-0.4, -0.2) is 36.2 Å². The third-order valence-electron chi connectivity index (χ3n) is 3.74. The molecule has 2 aromatic heterocycles. The van der Waals surface area contributed by atoms with Crippen LogP contribution in [0.5, 0.6) is 0 Å². The minimum Gasteiger partial charge on any atom is -0.384 e. The Morgan fingerprint density at radius 1 is 1.52 bits per heavy atom. The number of nitrogen functional groups attached to an aromatic ring is 1. The Morgan fingerprint density at radius 3 is 3.10 bits per heavy atom. The molecule has 2 N–H and O–H groups in total. The number of rotatable bonds is 4. The number of thiazole rings is 1. The number of methoxy groups -OCH3 is 1. The Bertz CT molecular complexity index is 608. The molecular formula is C14H20N4OS2. The molecular weight excluding hydrogens is 304 g/mol. The van der Waals surface area contributed by atoms with Crippen molar-refractivity contribution >= 4 is 33.7 Å². The lowest BCUT2D eigenvalue weighted by Crippen LogP contribution is -2.36. The predicted octanol–water partition coefficient (Wildman–Crippen LogP) is 3.02. The molecule has 0 aliphatic carbocycles. The summed E-state index contributed by atoms with van der Waals surface area (Å²) in [6.45, 7) is 4.88. The van der Waals surface area contributed by atoms with E-state index in [0.29, 0.717) is 11.7 Å². The number of nitrogens with two attached hydrogens (primary N) is 1. The quantitative estimate of drug-likeness (QED) is 0.936. The van der Waals surface area contributed by atoms with Crippen LogP contribution in [0.25, 0.3) is 10.6 Å². The second kappa shape index (κ2) is 6.29. The highest BCUT2D eigenvalue weighted by Gasteiger charge is 2.26. The number of hydrogen-bond acceptors (Lipinski definition) is 7. The fraction of sp³-hybridized carbons (Fsp3) is 0.571. The number of ether oxygens (including phenoxy) is 1. The second-order valence-corrected chi connectivity index (χ2v) is 7.06. The van der Waals surface area contributed by atoms with Crippen molar-refractivity contribution in [2.75, 3.05) is 37.4 Å². The van der Waals surface area contributed by atoms with Crippen molar-refractivity contribution in [3.8, 4) is 10.6 Å². The molecule has 1 saturated heterocycles. The van der Waals surface area contributed by atoms with Crippen molar-refractivity contribution in [3.05, 3.63) is 11.1 Å². The maximum atomic E-state index is 6.10. The van der Waals surface area contributed by atoms with Gasteiger partial charge in [-0.1, -0.05) is 0 Å². The monoisotopic (exact) mass is 324 g/mol. The highest BCUT2D eigenvalue weighted by molar-refractivity contribution is 7.15. The Hall–Kier alpha value is -1.18. The topological polar surface area (TPSA) is 64.3 Å². The number of hydrogen-bond donors (Lipinski definition) is 1. The summed E-state index contributed by atoms with van der Waals surface area (Å²) in [7, 11) is 1.77. The summed E-state index contributed by atoms with van der Waals surface area (Å²) < 4.78 is 9.68. The molecule has 1 aliphatic rings. The van der Waals surface area contributed by atoms with Gasteiger partial charge in [0.05, 0.1) is 12.2 Å². The van der Waals surface area contributed by atoms with E-state index in [1.54, 1.807) is 18.4 Å². The van der Waals surface area contributed by atoms with E-state index in [4.69, 9.17) is 10.5 Å². The summed E-state index contributed by atoms with van der Waals surface area (Å²) in [5.74, 6) is 1.18. The van der Waals surface area contributed by atoms with Gasteiger partial charge < -0.3 is 15.4 Å². The van der Waals surface area contributed by atoms with Gasteiger partial charge >= 0.3 is 0 Å². The molecule has 3 rings (SSSR count). The molecule has 3 heterocycles. The summed E-state index contributed by atoms with van der Waals surface area (Å²) in [6.07, 6.45) is 2.41. The van der Waals surface area contributed by atoms with Gasteiger partial charge in [0.1, 0.15) is 15.8 Å². The van der Waals surface area contributed by atoms with Crippen LogP contribution in [0.15, 0.2) is 5.38 Å². The summed E-state index contributed by atoms with van der Waals surface area (Å²) in [5.41, 5.74) is 8.14. The van der Waals surface area contributed by atoms with Crippen molar-refractivity contribution < 1.29 is 4.74 Å². The molecule has 1 aliphatic heterocycles. The number of anilines is 2. The molecule has 114 valence electrons.